The van der Waals surface area contributed by atoms with Crippen LogP contribution in [0.1, 0.15) is 48.5 Å². The number of unbranched alkanes of at least 4 members (excludes halogenated alkanes) is 2. The van der Waals surface area contributed by atoms with Crippen molar-refractivity contribution >= 4 is 11.6 Å². The number of nitrogens with one attached hydrogen (secondary N) is 1. The summed E-state index contributed by atoms with van der Waals surface area (Å²) in [5, 5.41) is 12.1. The molecule has 0 radical (unpaired) electrons. The van der Waals surface area contributed by atoms with Crippen molar-refractivity contribution in [2.24, 2.45) is 0 Å². The van der Waals surface area contributed by atoms with Gasteiger partial charge in [0.15, 0.2) is 0 Å². The van der Waals surface area contributed by atoms with E-state index in [0.717, 1.165) is 55.6 Å². The first kappa shape index (κ1) is 17.5. The van der Waals surface area contributed by atoms with Gasteiger partial charge in [0.1, 0.15) is 0 Å². The summed E-state index contributed by atoms with van der Waals surface area (Å²) in [5.74, 6) is 0.0568. The highest BCUT2D eigenvalue weighted by atomic mass is 16.2. The van der Waals surface area contributed by atoms with Gasteiger partial charge in [-0.2, -0.15) is 0 Å². The number of amides is 1. The summed E-state index contributed by atoms with van der Waals surface area (Å²) < 4.78 is 0. The monoisotopic (exact) mass is 292 g/mol. The van der Waals surface area contributed by atoms with Gasteiger partial charge in [0.25, 0.3) is 5.91 Å². The van der Waals surface area contributed by atoms with Gasteiger partial charge in [0.2, 0.25) is 0 Å². The van der Waals surface area contributed by atoms with Crippen LogP contribution in [0, 0.1) is 6.92 Å². The standard InChI is InChI=1S/C17H28N2O2/c1-4-10-18-16-9-8-14(2)13-15(16)17(21)19(3)11-6-5-7-12-20/h8-9,13,18,20H,4-7,10-12H2,1-3H3. The third kappa shape index (κ3) is 5.76. The molecular weight excluding hydrogens is 264 g/mol. The van der Waals surface area contributed by atoms with E-state index in [-0.39, 0.29) is 12.5 Å². The van der Waals surface area contributed by atoms with E-state index in [9.17, 15) is 4.79 Å². The molecule has 0 saturated heterocycles. The number of carbonyl (C=O) groups is 1. The maximum absolute atomic E-state index is 12.6. The van der Waals surface area contributed by atoms with Crippen molar-refractivity contribution in [3.8, 4) is 0 Å². The predicted molar refractivity (Wildman–Crippen MR) is 87.9 cm³/mol. The second kappa shape index (κ2) is 9.40. The molecule has 2 N–H and O–H groups in total. The smallest absolute Gasteiger partial charge is 0.255 e. The fraction of sp³-hybridized carbons (Fsp3) is 0.588. The second-order valence-electron chi connectivity index (χ2n) is 5.49. The van der Waals surface area contributed by atoms with Crippen LogP contribution < -0.4 is 5.32 Å². The van der Waals surface area contributed by atoms with Crippen molar-refractivity contribution in [3.05, 3.63) is 29.3 Å². The van der Waals surface area contributed by atoms with E-state index >= 15 is 0 Å². The Morgan fingerprint density at radius 3 is 2.71 bits per heavy atom. The summed E-state index contributed by atoms with van der Waals surface area (Å²) in [6, 6.07) is 5.96. The van der Waals surface area contributed by atoms with E-state index in [0.29, 0.717) is 0 Å². The first-order valence-corrected chi connectivity index (χ1v) is 7.81. The van der Waals surface area contributed by atoms with Crippen molar-refractivity contribution in [1.29, 1.82) is 0 Å². The summed E-state index contributed by atoms with van der Waals surface area (Å²) in [7, 11) is 1.84. The van der Waals surface area contributed by atoms with E-state index in [1.165, 1.54) is 0 Å². The van der Waals surface area contributed by atoms with Crippen molar-refractivity contribution in [2.45, 2.75) is 39.5 Å². The number of anilines is 1. The lowest BCUT2D eigenvalue weighted by atomic mass is 10.1. The Hall–Kier alpha value is -1.55. The first-order chi connectivity index (χ1) is 10.1. The van der Waals surface area contributed by atoms with Crippen LogP contribution in [0.3, 0.4) is 0 Å². The number of benzene rings is 1. The largest absolute Gasteiger partial charge is 0.396 e. The Bertz CT molecular complexity index is 446. The van der Waals surface area contributed by atoms with Gasteiger partial charge < -0.3 is 15.3 Å². The molecule has 1 amide bonds. The summed E-state index contributed by atoms with van der Waals surface area (Å²) in [6.07, 6.45) is 3.70. The summed E-state index contributed by atoms with van der Waals surface area (Å²) in [4.78, 5) is 14.3. The Morgan fingerprint density at radius 1 is 1.29 bits per heavy atom. The van der Waals surface area contributed by atoms with Gasteiger partial charge in [-0.3, -0.25) is 4.79 Å². The SMILES string of the molecule is CCCNc1ccc(C)cc1C(=O)N(C)CCCCCO. The molecule has 0 aliphatic heterocycles. The number of carbonyl (C=O) groups excluding carboxylic acids is 1. The predicted octanol–water partition coefficient (Wildman–Crippen LogP) is 3.05. The van der Waals surface area contributed by atoms with Crippen LogP contribution in [0.5, 0.6) is 0 Å². The van der Waals surface area contributed by atoms with E-state index in [1.807, 2.05) is 32.2 Å². The van der Waals surface area contributed by atoms with Gasteiger partial charge in [0.05, 0.1) is 5.56 Å². The number of rotatable bonds is 9. The van der Waals surface area contributed by atoms with Crippen molar-refractivity contribution < 1.29 is 9.90 Å². The van der Waals surface area contributed by atoms with Gasteiger partial charge in [0, 0.05) is 32.4 Å². The minimum atomic E-state index is 0.0568. The number of aryl methyl sites for hydroxylation is 1. The zero-order valence-corrected chi connectivity index (χ0v) is 13.5. The van der Waals surface area contributed by atoms with Gasteiger partial charge in [-0.05, 0) is 44.7 Å². The molecule has 118 valence electrons. The maximum Gasteiger partial charge on any atom is 0.255 e. The average molecular weight is 292 g/mol. The molecule has 0 bridgehead atoms. The highest BCUT2D eigenvalue weighted by molar-refractivity contribution is 5.99. The van der Waals surface area contributed by atoms with Crippen LogP contribution in [0.2, 0.25) is 0 Å². The highest BCUT2D eigenvalue weighted by Gasteiger charge is 2.15. The first-order valence-electron chi connectivity index (χ1n) is 7.81. The van der Waals surface area contributed by atoms with Crippen LogP contribution in [-0.4, -0.2) is 42.7 Å². The quantitative estimate of drug-likeness (QED) is 0.688. The van der Waals surface area contributed by atoms with Crippen LogP contribution in [-0.2, 0) is 0 Å². The molecule has 4 heteroatoms. The molecule has 0 saturated carbocycles. The summed E-state index contributed by atoms with van der Waals surface area (Å²) in [5.41, 5.74) is 2.75. The molecule has 0 aliphatic carbocycles. The molecule has 0 unspecified atom stereocenters. The lowest BCUT2D eigenvalue weighted by molar-refractivity contribution is 0.0793. The molecule has 0 spiro atoms. The van der Waals surface area contributed by atoms with Gasteiger partial charge in [-0.15, -0.1) is 0 Å². The topological polar surface area (TPSA) is 52.6 Å². The fourth-order valence-corrected chi connectivity index (χ4v) is 2.19. The lowest BCUT2D eigenvalue weighted by Gasteiger charge is -2.20. The number of nitrogens with zero attached hydrogens (tertiary/aromatic N) is 1. The minimum Gasteiger partial charge on any atom is -0.396 e. The zero-order valence-electron chi connectivity index (χ0n) is 13.5. The number of aliphatic hydroxyl groups excluding tert-OH is 1. The zero-order chi connectivity index (χ0) is 15.7. The van der Waals surface area contributed by atoms with Gasteiger partial charge in [-0.1, -0.05) is 18.6 Å². The van der Waals surface area contributed by atoms with E-state index in [2.05, 4.69) is 12.2 Å². The number of hydrogen-bond donors (Lipinski definition) is 2. The molecule has 0 aliphatic rings. The third-order valence-corrected chi connectivity index (χ3v) is 3.47. The fourth-order valence-electron chi connectivity index (χ4n) is 2.19. The number of hydrogen-bond acceptors (Lipinski definition) is 3. The molecule has 0 fully saturated rings. The number of aliphatic hydroxyl groups is 1. The van der Waals surface area contributed by atoms with Crippen molar-refractivity contribution in [2.75, 3.05) is 32.1 Å². The van der Waals surface area contributed by atoms with Crippen LogP contribution >= 0.6 is 0 Å². The molecular formula is C17H28N2O2. The normalized spacial score (nSPS) is 10.5. The van der Waals surface area contributed by atoms with E-state index in [1.54, 1.807) is 4.90 Å². The molecule has 1 aromatic rings. The Balaban J connectivity index is 2.72. The minimum absolute atomic E-state index is 0.0568. The molecule has 4 nitrogen and oxygen atoms in total. The third-order valence-electron chi connectivity index (χ3n) is 3.47. The van der Waals surface area contributed by atoms with E-state index in [4.69, 9.17) is 5.11 Å². The van der Waals surface area contributed by atoms with Crippen LogP contribution in [0.15, 0.2) is 18.2 Å². The van der Waals surface area contributed by atoms with Gasteiger partial charge >= 0.3 is 0 Å². The maximum atomic E-state index is 12.6. The summed E-state index contributed by atoms with van der Waals surface area (Å²) in [6.45, 7) is 5.92. The molecule has 21 heavy (non-hydrogen) atoms. The van der Waals surface area contributed by atoms with Crippen LogP contribution in [0.4, 0.5) is 5.69 Å². The van der Waals surface area contributed by atoms with Gasteiger partial charge in [-0.25, -0.2) is 0 Å². The lowest BCUT2D eigenvalue weighted by Crippen LogP contribution is -2.28. The Labute approximate surface area is 128 Å². The molecule has 0 atom stereocenters. The second-order valence-corrected chi connectivity index (χ2v) is 5.49. The average Bonchev–Trinajstić information content (AvgIpc) is 2.49. The van der Waals surface area contributed by atoms with E-state index < -0.39 is 0 Å². The van der Waals surface area contributed by atoms with Crippen LogP contribution in [0.25, 0.3) is 0 Å². The molecule has 1 aromatic carbocycles. The summed E-state index contributed by atoms with van der Waals surface area (Å²) >= 11 is 0. The highest BCUT2D eigenvalue weighted by Crippen LogP contribution is 2.19. The Kier molecular flexibility index (Phi) is 7.83. The van der Waals surface area contributed by atoms with Crippen molar-refractivity contribution in [1.82, 2.24) is 4.90 Å². The van der Waals surface area contributed by atoms with Crippen molar-refractivity contribution in [3.63, 3.8) is 0 Å². The Morgan fingerprint density at radius 2 is 2.05 bits per heavy atom. The molecule has 0 heterocycles. The molecule has 0 aromatic heterocycles. The molecule has 1 rings (SSSR count).